The molecule has 1 amide bonds. The van der Waals surface area contributed by atoms with E-state index in [2.05, 4.69) is 39.4 Å². The number of benzene rings is 5. The van der Waals surface area contributed by atoms with Gasteiger partial charge >= 0.3 is 0 Å². The van der Waals surface area contributed by atoms with Gasteiger partial charge in [-0.15, -0.1) is 0 Å². The molecule has 5 aromatic carbocycles. The van der Waals surface area contributed by atoms with Gasteiger partial charge in [0.15, 0.2) is 11.5 Å². The van der Waals surface area contributed by atoms with E-state index in [9.17, 15) is 10.1 Å². The number of amides is 1. The lowest BCUT2D eigenvalue weighted by Crippen LogP contribution is -2.13. The molecule has 0 atom stereocenters. The lowest BCUT2D eigenvalue weighted by Gasteiger charge is -2.16. The van der Waals surface area contributed by atoms with Crippen molar-refractivity contribution in [2.75, 3.05) is 11.9 Å². The average Bonchev–Trinajstić information content (AvgIpc) is 2.95. The number of carbonyl (C=O) groups excluding carboxylic acids is 1. The third-order valence-electron chi connectivity index (χ3n) is 6.27. The number of ether oxygens (including phenoxy) is 2. The minimum atomic E-state index is -0.488. The predicted molar refractivity (Wildman–Crippen MR) is 160 cm³/mol. The zero-order valence-electron chi connectivity index (χ0n) is 21.3. The van der Waals surface area contributed by atoms with Gasteiger partial charge < -0.3 is 14.8 Å². The van der Waals surface area contributed by atoms with Crippen LogP contribution >= 0.6 is 15.9 Å². The standard InChI is InChI=1S/C33H25BrN2O3/c1-2-38-31-18-22(16-27(20-35)33(37)36-28-15-14-23-8-3-4-10-25(23)19-28)17-30(34)32(31)39-21-26-12-7-11-24-9-5-6-13-29(24)26/h3-19H,2,21H2,1H3,(H,36,37)/b27-16+. The predicted octanol–water partition coefficient (Wildman–Crippen LogP) is 8.28. The summed E-state index contributed by atoms with van der Waals surface area (Å²) in [7, 11) is 0. The molecule has 0 unspecified atom stereocenters. The Morgan fingerprint density at radius 3 is 2.44 bits per heavy atom. The maximum atomic E-state index is 12.9. The van der Waals surface area contributed by atoms with E-state index in [1.807, 2.05) is 85.8 Å². The van der Waals surface area contributed by atoms with Gasteiger partial charge in [-0.3, -0.25) is 4.79 Å². The first-order valence-electron chi connectivity index (χ1n) is 12.5. The van der Waals surface area contributed by atoms with Crippen molar-refractivity contribution >= 4 is 55.1 Å². The molecule has 0 heterocycles. The minimum Gasteiger partial charge on any atom is -0.490 e. The van der Waals surface area contributed by atoms with Gasteiger partial charge in [-0.25, -0.2) is 0 Å². The highest BCUT2D eigenvalue weighted by atomic mass is 79.9. The summed E-state index contributed by atoms with van der Waals surface area (Å²) >= 11 is 3.60. The number of carbonyl (C=O) groups is 1. The molecule has 192 valence electrons. The molecule has 0 radical (unpaired) electrons. The Balaban J connectivity index is 1.39. The summed E-state index contributed by atoms with van der Waals surface area (Å²) in [5.41, 5.74) is 2.28. The molecule has 0 fully saturated rings. The Bertz CT molecular complexity index is 1750. The van der Waals surface area contributed by atoms with Crippen LogP contribution in [0.2, 0.25) is 0 Å². The van der Waals surface area contributed by atoms with Crippen molar-refractivity contribution in [3.63, 3.8) is 0 Å². The van der Waals surface area contributed by atoms with Gasteiger partial charge in [-0.1, -0.05) is 72.8 Å². The monoisotopic (exact) mass is 576 g/mol. The molecule has 6 heteroatoms. The fourth-order valence-corrected chi connectivity index (χ4v) is 5.00. The Hall–Kier alpha value is -4.60. The summed E-state index contributed by atoms with van der Waals surface area (Å²) in [5, 5.41) is 16.9. The van der Waals surface area contributed by atoms with Crippen LogP contribution in [-0.4, -0.2) is 12.5 Å². The van der Waals surface area contributed by atoms with Gasteiger partial charge in [0.05, 0.1) is 11.1 Å². The third-order valence-corrected chi connectivity index (χ3v) is 6.86. The lowest BCUT2D eigenvalue weighted by molar-refractivity contribution is -0.112. The molecule has 0 saturated heterocycles. The van der Waals surface area contributed by atoms with Crippen LogP contribution in [0.5, 0.6) is 11.5 Å². The van der Waals surface area contributed by atoms with Crippen molar-refractivity contribution in [3.8, 4) is 17.6 Å². The summed E-state index contributed by atoms with van der Waals surface area (Å²) in [5.74, 6) is 0.588. The number of nitrogens with one attached hydrogen (secondary N) is 1. The van der Waals surface area contributed by atoms with Gasteiger partial charge in [0.1, 0.15) is 18.2 Å². The summed E-state index contributed by atoms with van der Waals surface area (Å²) in [6.07, 6.45) is 1.54. The van der Waals surface area contributed by atoms with E-state index in [-0.39, 0.29) is 5.57 Å². The van der Waals surface area contributed by atoms with E-state index in [0.29, 0.717) is 40.4 Å². The quantitative estimate of drug-likeness (QED) is 0.149. The minimum absolute atomic E-state index is 0.0260. The summed E-state index contributed by atoms with van der Waals surface area (Å²) in [4.78, 5) is 12.9. The number of rotatable bonds is 8. The van der Waals surface area contributed by atoms with Crippen LogP contribution in [0.15, 0.2) is 107 Å². The van der Waals surface area contributed by atoms with Crippen LogP contribution in [0.4, 0.5) is 5.69 Å². The number of fused-ring (bicyclic) bond motifs is 2. The highest BCUT2D eigenvalue weighted by molar-refractivity contribution is 9.10. The molecular formula is C33H25BrN2O3. The van der Waals surface area contributed by atoms with Crippen LogP contribution < -0.4 is 14.8 Å². The molecule has 0 saturated carbocycles. The van der Waals surface area contributed by atoms with Gasteiger partial charge in [-0.2, -0.15) is 5.26 Å². The zero-order chi connectivity index (χ0) is 27.2. The molecule has 1 N–H and O–H groups in total. The topological polar surface area (TPSA) is 71.3 Å². The summed E-state index contributed by atoms with van der Waals surface area (Å²) in [6.45, 7) is 2.67. The van der Waals surface area contributed by atoms with E-state index in [4.69, 9.17) is 9.47 Å². The number of hydrogen-bond donors (Lipinski definition) is 1. The van der Waals surface area contributed by atoms with E-state index in [0.717, 1.165) is 27.1 Å². The second-order valence-corrected chi connectivity index (χ2v) is 9.73. The van der Waals surface area contributed by atoms with E-state index < -0.39 is 5.91 Å². The van der Waals surface area contributed by atoms with Crippen LogP contribution in [0.3, 0.4) is 0 Å². The Kier molecular flexibility index (Phi) is 7.91. The zero-order valence-corrected chi connectivity index (χ0v) is 22.9. The highest BCUT2D eigenvalue weighted by Crippen LogP contribution is 2.38. The van der Waals surface area contributed by atoms with Gasteiger partial charge in [0, 0.05) is 5.69 Å². The van der Waals surface area contributed by atoms with Crippen molar-refractivity contribution < 1.29 is 14.3 Å². The largest absolute Gasteiger partial charge is 0.490 e. The molecular weight excluding hydrogens is 552 g/mol. The molecule has 39 heavy (non-hydrogen) atoms. The summed E-state index contributed by atoms with van der Waals surface area (Å²) in [6, 6.07) is 33.4. The molecule has 0 aromatic heterocycles. The molecule has 0 spiro atoms. The molecule has 5 aromatic rings. The number of nitriles is 1. The molecule has 0 aliphatic rings. The SMILES string of the molecule is CCOc1cc(/C=C(\C#N)C(=O)Nc2ccc3ccccc3c2)cc(Br)c1OCc1cccc2ccccc12. The third kappa shape index (κ3) is 5.95. The first-order valence-corrected chi connectivity index (χ1v) is 13.3. The average molecular weight is 577 g/mol. The maximum Gasteiger partial charge on any atom is 0.266 e. The fraction of sp³-hybridized carbons (Fsp3) is 0.0909. The van der Waals surface area contributed by atoms with E-state index in [1.54, 1.807) is 6.07 Å². The highest BCUT2D eigenvalue weighted by Gasteiger charge is 2.15. The van der Waals surface area contributed by atoms with Crippen molar-refractivity contribution in [1.82, 2.24) is 0 Å². The lowest BCUT2D eigenvalue weighted by atomic mass is 10.1. The van der Waals surface area contributed by atoms with Gasteiger partial charge in [0.25, 0.3) is 5.91 Å². The number of hydrogen-bond acceptors (Lipinski definition) is 4. The molecule has 0 aliphatic heterocycles. The van der Waals surface area contributed by atoms with E-state index in [1.165, 1.54) is 6.08 Å². The normalized spacial score (nSPS) is 11.3. The van der Waals surface area contributed by atoms with Crippen molar-refractivity contribution in [3.05, 3.63) is 118 Å². The van der Waals surface area contributed by atoms with Gasteiger partial charge in [0.2, 0.25) is 0 Å². The number of nitrogens with zero attached hydrogens (tertiary/aromatic N) is 1. The molecule has 0 bridgehead atoms. The summed E-state index contributed by atoms with van der Waals surface area (Å²) < 4.78 is 12.8. The Morgan fingerprint density at radius 1 is 0.897 bits per heavy atom. The fourth-order valence-electron chi connectivity index (χ4n) is 4.42. The first-order chi connectivity index (χ1) is 19.1. The Morgan fingerprint density at radius 2 is 1.64 bits per heavy atom. The number of anilines is 1. The second-order valence-electron chi connectivity index (χ2n) is 8.88. The first kappa shape index (κ1) is 26.0. The molecule has 5 nitrogen and oxygen atoms in total. The van der Waals surface area contributed by atoms with Crippen molar-refractivity contribution in [1.29, 1.82) is 5.26 Å². The molecule has 5 rings (SSSR count). The van der Waals surface area contributed by atoms with Crippen molar-refractivity contribution in [2.24, 2.45) is 0 Å². The van der Waals surface area contributed by atoms with E-state index >= 15 is 0 Å². The second kappa shape index (κ2) is 11.8. The van der Waals surface area contributed by atoms with Crippen LogP contribution in [-0.2, 0) is 11.4 Å². The molecule has 0 aliphatic carbocycles. The van der Waals surface area contributed by atoms with Crippen LogP contribution in [0.25, 0.3) is 27.6 Å². The van der Waals surface area contributed by atoms with Crippen molar-refractivity contribution in [2.45, 2.75) is 13.5 Å². The maximum absolute atomic E-state index is 12.9. The Labute approximate surface area is 235 Å². The van der Waals surface area contributed by atoms with Crippen LogP contribution in [0.1, 0.15) is 18.1 Å². The number of halogens is 1. The van der Waals surface area contributed by atoms with Crippen LogP contribution in [0, 0.1) is 11.3 Å². The van der Waals surface area contributed by atoms with Gasteiger partial charge in [-0.05, 0) is 85.9 Å². The smallest absolute Gasteiger partial charge is 0.266 e.